The minimum absolute atomic E-state index is 0.169. The van der Waals surface area contributed by atoms with Crippen LogP contribution in [0.15, 0.2) is 17.8 Å². The standard InChI is InChI=1S/C16H19BN2O2/c1-9-5-7-14-13(6-8-15(20)21)16-11(3)10(2)12(4)19(16)17-18(9)14/h5,7,17H,6,8H2,1-4H3/p+1. The molecule has 108 valence electrons. The van der Waals surface area contributed by atoms with Crippen molar-refractivity contribution in [3.8, 4) is 0 Å². The van der Waals surface area contributed by atoms with Crippen molar-refractivity contribution in [3.63, 3.8) is 0 Å². The Balaban J connectivity index is 2.21. The Labute approximate surface area is 125 Å². The summed E-state index contributed by atoms with van der Waals surface area (Å²) in [4.78, 5) is 11.0. The molecule has 2 aliphatic heterocycles. The second-order valence-electron chi connectivity index (χ2n) is 5.91. The molecule has 1 N–H and O–H groups in total. The van der Waals surface area contributed by atoms with Gasteiger partial charge in [-0.15, -0.1) is 0 Å². The second kappa shape index (κ2) is 4.76. The topological polar surface area (TPSA) is 45.2 Å². The summed E-state index contributed by atoms with van der Waals surface area (Å²) in [5, 5.41) is 9.05. The zero-order valence-electron chi connectivity index (χ0n) is 13.0. The number of allylic oxidation sites excluding steroid dienone is 3. The van der Waals surface area contributed by atoms with Crippen LogP contribution in [-0.2, 0) is 4.79 Å². The fourth-order valence-electron chi connectivity index (χ4n) is 3.35. The molecule has 3 rings (SSSR count). The summed E-state index contributed by atoms with van der Waals surface area (Å²) in [5.41, 5.74) is 8.62. The van der Waals surface area contributed by atoms with E-state index in [1.165, 1.54) is 33.9 Å². The molecular weight excluding hydrogens is 263 g/mol. The van der Waals surface area contributed by atoms with Crippen molar-refractivity contribution in [1.82, 2.24) is 4.48 Å². The van der Waals surface area contributed by atoms with Gasteiger partial charge in [0.25, 0.3) is 0 Å². The minimum atomic E-state index is -0.743. The number of rotatable bonds is 3. The van der Waals surface area contributed by atoms with Gasteiger partial charge in [0.05, 0.1) is 0 Å². The summed E-state index contributed by atoms with van der Waals surface area (Å²) in [6.45, 7) is 8.53. The van der Waals surface area contributed by atoms with Gasteiger partial charge in [-0.25, -0.2) is 0 Å². The fourth-order valence-corrected chi connectivity index (χ4v) is 3.35. The first-order valence-corrected chi connectivity index (χ1v) is 7.32. The molecule has 1 aromatic heterocycles. The number of aliphatic carboxylic acids is 1. The molecule has 0 amide bonds. The van der Waals surface area contributed by atoms with E-state index in [0.717, 1.165) is 13.1 Å². The Morgan fingerprint density at radius 2 is 1.95 bits per heavy atom. The van der Waals surface area contributed by atoms with E-state index in [-0.39, 0.29) is 6.42 Å². The van der Waals surface area contributed by atoms with E-state index in [2.05, 4.69) is 48.8 Å². The number of hydrogen-bond acceptors (Lipinski definition) is 1. The van der Waals surface area contributed by atoms with Gasteiger partial charge in [0.2, 0.25) is 0 Å². The molecular formula is C16H20BN2O2+. The molecule has 1 aromatic rings. The van der Waals surface area contributed by atoms with Gasteiger partial charge in [0.15, 0.2) is 11.4 Å². The number of nitrogens with zero attached hydrogens (tertiary/aromatic N) is 2. The van der Waals surface area contributed by atoms with Gasteiger partial charge in [-0.05, 0) is 38.3 Å². The zero-order chi connectivity index (χ0) is 15.3. The van der Waals surface area contributed by atoms with Gasteiger partial charge in [-0.3, -0.25) is 9.28 Å². The molecule has 0 unspecified atom stereocenters. The smallest absolute Gasteiger partial charge is 0.481 e. The quantitative estimate of drug-likeness (QED) is 0.864. The third-order valence-electron chi connectivity index (χ3n) is 4.80. The van der Waals surface area contributed by atoms with Gasteiger partial charge < -0.3 is 9.58 Å². The molecule has 0 saturated carbocycles. The Bertz CT molecular complexity index is 751. The summed E-state index contributed by atoms with van der Waals surface area (Å²) >= 11 is 0. The summed E-state index contributed by atoms with van der Waals surface area (Å²) in [6, 6.07) is 0. The van der Waals surface area contributed by atoms with Gasteiger partial charge in [-0.2, -0.15) is 0 Å². The van der Waals surface area contributed by atoms with Crippen molar-refractivity contribution in [2.75, 3.05) is 0 Å². The van der Waals surface area contributed by atoms with Crippen LogP contribution in [0, 0.1) is 20.8 Å². The van der Waals surface area contributed by atoms with Gasteiger partial charge in [0.1, 0.15) is 0 Å². The van der Waals surface area contributed by atoms with E-state index in [4.69, 9.17) is 5.11 Å². The molecule has 0 fully saturated rings. The van der Waals surface area contributed by atoms with Crippen molar-refractivity contribution >= 4 is 24.8 Å². The molecule has 0 radical (unpaired) electrons. The molecule has 0 saturated heterocycles. The highest BCUT2D eigenvalue weighted by Crippen LogP contribution is 2.36. The predicted molar refractivity (Wildman–Crippen MR) is 85.1 cm³/mol. The molecule has 3 heterocycles. The highest BCUT2D eigenvalue weighted by Gasteiger charge is 2.36. The fraction of sp³-hybridized carbons (Fsp3) is 0.375. The first kappa shape index (κ1) is 13.9. The van der Waals surface area contributed by atoms with Crippen LogP contribution in [0.2, 0.25) is 0 Å². The van der Waals surface area contributed by atoms with Gasteiger partial charge in [0, 0.05) is 42.5 Å². The highest BCUT2D eigenvalue weighted by atomic mass is 16.4. The lowest BCUT2D eigenvalue weighted by Gasteiger charge is -2.19. The lowest BCUT2D eigenvalue weighted by atomic mass is 9.93. The molecule has 4 nitrogen and oxygen atoms in total. The van der Waals surface area contributed by atoms with Crippen LogP contribution in [0.1, 0.15) is 42.3 Å². The van der Waals surface area contributed by atoms with Crippen LogP contribution in [0.5, 0.6) is 0 Å². The third kappa shape index (κ3) is 1.99. The number of aromatic nitrogens is 1. The molecule has 0 bridgehead atoms. The molecule has 0 aliphatic carbocycles. The number of carbonyl (C=O) groups is 1. The third-order valence-corrected chi connectivity index (χ3v) is 4.80. The molecule has 0 spiro atoms. The van der Waals surface area contributed by atoms with Crippen molar-refractivity contribution in [3.05, 3.63) is 40.4 Å². The normalized spacial score (nSPS) is 16.2. The number of carboxylic acid groups (broad SMARTS) is 1. The average molecular weight is 283 g/mol. The summed E-state index contributed by atoms with van der Waals surface area (Å²) in [5.74, 6) is -0.743. The lowest BCUT2D eigenvalue weighted by molar-refractivity contribution is -0.314. The maximum atomic E-state index is 11.0. The largest absolute Gasteiger partial charge is 0.604 e. The van der Waals surface area contributed by atoms with E-state index < -0.39 is 5.97 Å². The molecule has 5 heteroatoms. The van der Waals surface area contributed by atoms with E-state index in [9.17, 15) is 4.79 Å². The van der Waals surface area contributed by atoms with Gasteiger partial charge >= 0.3 is 13.5 Å². The summed E-state index contributed by atoms with van der Waals surface area (Å²) in [7, 11) is 0.820. The SMILES string of the molecule is CC1=[N+]2Bn3c(C)c(C)c(C)c3C(CCC(=O)O)=C2C=C1. The Hall–Kier alpha value is -2.04. The summed E-state index contributed by atoms with van der Waals surface area (Å²) in [6.07, 6.45) is 4.97. The number of carboxylic acids is 1. The van der Waals surface area contributed by atoms with Crippen LogP contribution >= 0.6 is 0 Å². The summed E-state index contributed by atoms with van der Waals surface area (Å²) < 4.78 is 4.60. The highest BCUT2D eigenvalue weighted by molar-refractivity contribution is 6.29. The van der Waals surface area contributed by atoms with Crippen molar-refractivity contribution in [1.29, 1.82) is 0 Å². The molecule has 0 aromatic carbocycles. The minimum Gasteiger partial charge on any atom is -0.481 e. The van der Waals surface area contributed by atoms with E-state index in [0.29, 0.717) is 6.42 Å². The number of hydrogen-bond donors (Lipinski definition) is 1. The van der Waals surface area contributed by atoms with E-state index in [1.807, 2.05) is 0 Å². The lowest BCUT2D eigenvalue weighted by Crippen LogP contribution is -2.31. The van der Waals surface area contributed by atoms with Crippen LogP contribution in [0.3, 0.4) is 0 Å². The molecule has 2 aliphatic rings. The predicted octanol–water partition coefficient (Wildman–Crippen LogP) is 2.16. The monoisotopic (exact) mass is 283 g/mol. The van der Waals surface area contributed by atoms with Crippen LogP contribution < -0.4 is 0 Å². The van der Waals surface area contributed by atoms with Crippen LogP contribution in [-0.4, -0.2) is 33.3 Å². The van der Waals surface area contributed by atoms with Crippen LogP contribution in [0.25, 0.3) is 5.57 Å². The maximum Gasteiger partial charge on any atom is 0.604 e. The van der Waals surface area contributed by atoms with Crippen molar-refractivity contribution in [2.24, 2.45) is 0 Å². The maximum absolute atomic E-state index is 11.0. The van der Waals surface area contributed by atoms with Crippen molar-refractivity contribution < 1.29 is 14.4 Å². The van der Waals surface area contributed by atoms with Gasteiger partial charge in [-0.1, -0.05) is 0 Å². The van der Waals surface area contributed by atoms with Crippen LogP contribution in [0.4, 0.5) is 0 Å². The first-order valence-electron chi connectivity index (χ1n) is 7.32. The zero-order valence-corrected chi connectivity index (χ0v) is 13.0. The number of fused-ring (bicyclic) bond motifs is 2. The van der Waals surface area contributed by atoms with E-state index >= 15 is 0 Å². The molecule has 21 heavy (non-hydrogen) atoms. The Morgan fingerprint density at radius 3 is 2.62 bits per heavy atom. The first-order chi connectivity index (χ1) is 9.91. The molecule has 0 atom stereocenters. The van der Waals surface area contributed by atoms with E-state index in [1.54, 1.807) is 0 Å². The van der Waals surface area contributed by atoms with Crippen molar-refractivity contribution in [2.45, 2.75) is 40.5 Å². The Kier molecular flexibility index (Phi) is 3.16. The second-order valence-corrected chi connectivity index (χ2v) is 5.91. The Morgan fingerprint density at radius 1 is 1.24 bits per heavy atom. The average Bonchev–Trinajstić information content (AvgIpc) is 2.91.